The Kier molecular flexibility index (Phi) is 3.80. The van der Waals surface area contributed by atoms with E-state index in [1.54, 1.807) is 23.6 Å². The van der Waals surface area contributed by atoms with Crippen molar-refractivity contribution in [2.24, 2.45) is 0 Å². The molecule has 0 bridgehead atoms. The summed E-state index contributed by atoms with van der Waals surface area (Å²) >= 11 is 1.02. The summed E-state index contributed by atoms with van der Waals surface area (Å²) in [6.07, 6.45) is -3.24. The van der Waals surface area contributed by atoms with Gasteiger partial charge < -0.3 is 9.52 Å². The van der Waals surface area contributed by atoms with Crippen molar-refractivity contribution in [1.82, 2.24) is 14.8 Å². The molecule has 5 nitrogen and oxygen atoms in total. The first-order chi connectivity index (χ1) is 12.4. The third-order valence-electron chi connectivity index (χ3n) is 3.59. The van der Waals surface area contributed by atoms with E-state index in [1.165, 1.54) is 24.5 Å². The van der Waals surface area contributed by atoms with Crippen LogP contribution in [0.5, 0.6) is 5.75 Å². The van der Waals surface area contributed by atoms with E-state index in [4.69, 9.17) is 4.42 Å². The second-order valence-corrected chi connectivity index (χ2v) is 6.20. The van der Waals surface area contributed by atoms with Gasteiger partial charge in [-0.3, -0.25) is 0 Å². The molecule has 4 aromatic rings. The van der Waals surface area contributed by atoms with Crippen LogP contribution < -0.4 is 0 Å². The van der Waals surface area contributed by atoms with Crippen LogP contribution in [0.1, 0.15) is 5.69 Å². The Morgan fingerprint density at radius 1 is 1.08 bits per heavy atom. The topological polar surface area (TPSA) is 64.1 Å². The van der Waals surface area contributed by atoms with Crippen LogP contribution in [0.15, 0.2) is 58.5 Å². The highest BCUT2D eigenvalue weighted by molar-refractivity contribution is 7.12. The average molecular weight is 377 g/mol. The third kappa shape index (κ3) is 2.97. The molecule has 0 radical (unpaired) electrons. The largest absolute Gasteiger partial charge is 0.508 e. The summed E-state index contributed by atoms with van der Waals surface area (Å²) in [6, 6.07) is 10.4. The summed E-state index contributed by atoms with van der Waals surface area (Å²) in [6.45, 7) is 0. The molecule has 1 N–H and O–H groups in total. The molecule has 0 aliphatic heterocycles. The minimum atomic E-state index is -4.60. The Morgan fingerprint density at radius 3 is 2.62 bits per heavy atom. The zero-order valence-corrected chi connectivity index (χ0v) is 13.8. The van der Waals surface area contributed by atoms with Crippen molar-refractivity contribution in [2.75, 3.05) is 0 Å². The summed E-state index contributed by atoms with van der Waals surface area (Å²) in [5.41, 5.74) is 0.167. The molecule has 0 aliphatic rings. The Morgan fingerprint density at radius 2 is 1.92 bits per heavy atom. The average Bonchev–Trinajstić information content (AvgIpc) is 3.32. The number of hydrogen-bond acceptors (Lipinski definition) is 5. The lowest BCUT2D eigenvalue weighted by Gasteiger charge is -2.07. The van der Waals surface area contributed by atoms with Gasteiger partial charge in [0.1, 0.15) is 11.4 Å². The zero-order chi connectivity index (χ0) is 18.3. The molecule has 0 aliphatic carbocycles. The minimum Gasteiger partial charge on any atom is -0.508 e. The number of aromatic hydroxyl groups is 1. The van der Waals surface area contributed by atoms with Crippen molar-refractivity contribution >= 4 is 11.3 Å². The number of phenolic OH excluding ortho intramolecular Hbond substituents is 1. The van der Waals surface area contributed by atoms with Gasteiger partial charge in [-0.2, -0.15) is 18.3 Å². The van der Waals surface area contributed by atoms with Gasteiger partial charge in [0, 0.05) is 17.0 Å². The van der Waals surface area contributed by atoms with Gasteiger partial charge in [-0.1, -0.05) is 12.1 Å². The van der Waals surface area contributed by atoms with E-state index in [9.17, 15) is 18.3 Å². The molecule has 3 aromatic heterocycles. The van der Waals surface area contributed by atoms with E-state index in [-0.39, 0.29) is 22.3 Å². The first-order valence-electron chi connectivity index (χ1n) is 7.38. The number of benzene rings is 1. The normalized spacial score (nSPS) is 11.8. The molecule has 3 heterocycles. The van der Waals surface area contributed by atoms with Gasteiger partial charge in [0.2, 0.25) is 5.13 Å². The molecule has 1 aromatic carbocycles. The lowest BCUT2D eigenvalue weighted by Crippen LogP contribution is -2.13. The van der Waals surface area contributed by atoms with Gasteiger partial charge in [0.15, 0.2) is 11.5 Å². The zero-order valence-electron chi connectivity index (χ0n) is 12.9. The lowest BCUT2D eigenvalue weighted by atomic mass is 10.2. The molecule has 132 valence electrons. The summed E-state index contributed by atoms with van der Waals surface area (Å²) in [5.74, 6) is 0.284. The smallest absolute Gasteiger partial charge is 0.433 e. The van der Waals surface area contributed by atoms with Crippen LogP contribution in [0.4, 0.5) is 13.2 Å². The second-order valence-electron chi connectivity index (χ2n) is 5.37. The Hall–Kier alpha value is -3.07. The van der Waals surface area contributed by atoms with E-state index in [0.717, 1.165) is 22.1 Å². The third-order valence-corrected chi connectivity index (χ3v) is 4.40. The molecule has 0 fully saturated rings. The molecule has 9 heteroatoms. The number of rotatable bonds is 3. The first-order valence-corrected chi connectivity index (χ1v) is 8.26. The maximum absolute atomic E-state index is 13.4. The first kappa shape index (κ1) is 16.4. The van der Waals surface area contributed by atoms with Gasteiger partial charge in [-0.05, 0) is 24.3 Å². The van der Waals surface area contributed by atoms with Gasteiger partial charge in [-0.15, -0.1) is 11.3 Å². The van der Waals surface area contributed by atoms with Crippen LogP contribution in [-0.4, -0.2) is 19.9 Å². The van der Waals surface area contributed by atoms with Gasteiger partial charge in [0.25, 0.3) is 0 Å². The number of phenols is 1. The summed E-state index contributed by atoms with van der Waals surface area (Å²) < 4.78 is 46.2. The molecule has 0 spiro atoms. The minimum absolute atomic E-state index is 0.0484. The predicted molar refractivity (Wildman–Crippen MR) is 89.0 cm³/mol. The Balaban J connectivity index is 1.80. The highest BCUT2D eigenvalue weighted by atomic mass is 32.1. The van der Waals surface area contributed by atoms with Crippen LogP contribution in [0, 0.1) is 0 Å². The van der Waals surface area contributed by atoms with Crippen LogP contribution in [-0.2, 0) is 6.18 Å². The molecular weight excluding hydrogens is 367 g/mol. The number of thiazole rings is 1. The van der Waals surface area contributed by atoms with Crippen molar-refractivity contribution < 1.29 is 22.7 Å². The number of aromatic nitrogens is 3. The number of nitrogens with zero attached hydrogens (tertiary/aromatic N) is 3. The van der Waals surface area contributed by atoms with E-state index in [0.29, 0.717) is 11.3 Å². The fraction of sp³-hybridized carbons (Fsp3) is 0.0588. The predicted octanol–water partition coefficient (Wildman–Crippen LogP) is 4.98. The van der Waals surface area contributed by atoms with Gasteiger partial charge in [0.05, 0.1) is 12.0 Å². The number of furan rings is 1. The molecule has 0 unspecified atom stereocenters. The Bertz CT molecular complexity index is 1050. The van der Waals surface area contributed by atoms with E-state index < -0.39 is 11.9 Å². The maximum atomic E-state index is 13.4. The van der Waals surface area contributed by atoms with E-state index in [2.05, 4.69) is 10.1 Å². The molecule has 0 amide bonds. The summed E-state index contributed by atoms with van der Waals surface area (Å²) in [7, 11) is 0. The summed E-state index contributed by atoms with van der Waals surface area (Å²) in [4.78, 5) is 4.24. The maximum Gasteiger partial charge on any atom is 0.433 e. The summed E-state index contributed by atoms with van der Waals surface area (Å²) in [5, 5.41) is 15.2. The van der Waals surface area contributed by atoms with Gasteiger partial charge in [-0.25, -0.2) is 9.67 Å². The van der Waals surface area contributed by atoms with Crippen LogP contribution in [0.25, 0.3) is 27.8 Å². The quantitative estimate of drug-likeness (QED) is 0.547. The van der Waals surface area contributed by atoms with Crippen molar-refractivity contribution in [1.29, 1.82) is 0 Å². The molecule has 0 atom stereocenters. The van der Waals surface area contributed by atoms with Crippen LogP contribution in [0.3, 0.4) is 0 Å². The highest BCUT2D eigenvalue weighted by Gasteiger charge is 2.37. The van der Waals surface area contributed by atoms with Crippen molar-refractivity contribution in [3.63, 3.8) is 0 Å². The number of halogens is 3. The lowest BCUT2D eigenvalue weighted by molar-refractivity contribution is -0.142. The number of hydrogen-bond donors (Lipinski definition) is 1. The van der Waals surface area contributed by atoms with E-state index >= 15 is 0 Å². The Labute approximate surface area is 149 Å². The van der Waals surface area contributed by atoms with Crippen molar-refractivity contribution in [3.8, 4) is 33.6 Å². The monoisotopic (exact) mass is 377 g/mol. The fourth-order valence-electron chi connectivity index (χ4n) is 2.43. The number of alkyl halides is 3. The molecular formula is C17H10F3N3O2S. The molecule has 0 saturated heterocycles. The van der Waals surface area contributed by atoms with E-state index in [1.807, 2.05) is 0 Å². The van der Waals surface area contributed by atoms with Crippen molar-refractivity contribution in [3.05, 3.63) is 59.8 Å². The molecule has 4 rings (SSSR count). The second kappa shape index (κ2) is 6.03. The van der Waals surface area contributed by atoms with Crippen molar-refractivity contribution in [2.45, 2.75) is 6.18 Å². The molecule has 26 heavy (non-hydrogen) atoms. The van der Waals surface area contributed by atoms with Gasteiger partial charge >= 0.3 is 6.18 Å². The van der Waals surface area contributed by atoms with Crippen LogP contribution >= 0.6 is 11.3 Å². The SMILES string of the molecule is Oc1cccc(-c2csc(-n3nc(-c4ccco4)cc3C(F)(F)F)n2)c1. The molecule has 0 saturated carbocycles. The fourth-order valence-corrected chi connectivity index (χ4v) is 3.23. The standard InChI is InChI=1S/C17H10F3N3O2S/c18-17(19,20)15-8-12(14-5-2-6-25-14)22-23(15)16-21-13(9-26-16)10-3-1-4-11(24)7-10/h1-9,24H. The highest BCUT2D eigenvalue weighted by Crippen LogP contribution is 2.35. The van der Waals surface area contributed by atoms with Crippen LogP contribution in [0.2, 0.25) is 0 Å².